The molecule has 17 nitrogen and oxygen atoms in total. The van der Waals surface area contributed by atoms with Gasteiger partial charge in [0.2, 0.25) is 17.8 Å². The number of nitrogens with two attached hydrogens (primary N) is 1. The van der Waals surface area contributed by atoms with Crippen LogP contribution in [-0.2, 0) is 17.9 Å². The zero-order chi connectivity index (χ0) is 58.6. The summed E-state index contributed by atoms with van der Waals surface area (Å²) < 4.78 is 4.16. The van der Waals surface area contributed by atoms with Crippen molar-refractivity contribution in [3.63, 3.8) is 0 Å². The summed E-state index contributed by atoms with van der Waals surface area (Å²) in [4.78, 5) is 40.0. The number of hydrogen-bond acceptors (Lipinski definition) is 14. The van der Waals surface area contributed by atoms with Crippen molar-refractivity contribution in [1.29, 1.82) is 0 Å². The lowest BCUT2D eigenvalue weighted by Crippen LogP contribution is -2.39. The Hall–Kier alpha value is -7.32. The average molecular weight is 1190 g/mol. The number of carbonyl (C=O) groups excluding carboxylic acids is 1. The minimum atomic E-state index is -1.41. The van der Waals surface area contributed by atoms with Gasteiger partial charge in [0, 0.05) is 71.3 Å². The largest absolute Gasteiger partial charge is 0.488 e. The number of benzene rings is 5. The first kappa shape index (κ1) is 62.7. The molecule has 4 heterocycles. The van der Waals surface area contributed by atoms with E-state index in [1.54, 1.807) is 31.2 Å². The Morgan fingerprint density at radius 2 is 0.893 bits per heavy atom. The van der Waals surface area contributed by atoms with E-state index < -0.39 is 7.12 Å². The average Bonchev–Trinajstić information content (AvgIpc) is 3.07. The van der Waals surface area contributed by atoms with Gasteiger partial charge in [0.05, 0.1) is 12.7 Å². The van der Waals surface area contributed by atoms with E-state index in [4.69, 9.17) is 70.5 Å². The molecule has 0 radical (unpaired) electrons. The monoisotopic (exact) mass is 1190 g/mol. The highest BCUT2D eigenvalue weighted by Gasteiger charge is 2.25. The third-order valence-electron chi connectivity index (χ3n) is 14.9. The maximum atomic E-state index is 11.4. The maximum absolute atomic E-state index is 11.4. The van der Waals surface area contributed by atoms with Crippen molar-refractivity contribution >= 4 is 99.2 Å². The van der Waals surface area contributed by atoms with E-state index in [0.717, 1.165) is 123 Å². The minimum Gasteiger partial charge on any atom is -0.423 e. The molecular weight excluding hydrogens is 1120 g/mol. The summed E-state index contributed by atoms with van der Waals surface area (Å²) in [5.74, 6) is 2.73. The molecule has 440 valence electrons. The van der Waals surface area contributed by atoms with E-state index in [9.17, 15) is 4.79 Å². The number of nitrogens with zero attached hydrogens (tertiary/aromatic N) is 8. The van der Waals surface area contributed by atoms with Gasteiger partial charge in [0.25, 0.3) is 0 Å². The van der Waals surface area contributed by atoms with Crippen LogP contribution in [0, 0.1) is 0 Å². The number of carbonyl (C=O) groups is 1. The van der Waals surface area contributed by atoms with Crippen molar-refractivity contribution < 1.29 is 14.8 Å². The van der Waals surface area contributed by atoms with Crippen LogP contribution >= 0.6 is 34.8 Å². The van der Waals surface area contributed by atoms with Gasteiger partial charge in [-0.3, -0.25) is 4.79 Å². The first-order chi connectivity index (χ1) is 40.0. The zero-order valence-electron chi connectivity index (χ0n) is 47.4. The predicted molar refractivity (Wildman–Crippen MR) is 345 cm³/mol. The van der Waals surface area contributed by atoms with E-state index >= 15 is 0 Å². The summed E-state index contributed by atoms with van der Waals surface area (Å²) in [6, 6.07) is 40.7. The molecule has 0 spiro atoms. The molecule has 0 bridgehead atoms. The molecule has 2 fully saturated rings. The second-order valence-corrected chi connectivity index (χ2v) is 23.1. The van der Waals surface area contributed by atoms with Gasteiger partial charge in [-0.05, 0) is 154 Å². The van der Waals surface area contributed by atoms with E-state index in [1.165, 1.54) is 0 Å². The van der Waals surface area contributed by atoms with Crippen LogP contribution in [0.3, 0.4) is 0 Å². The fourth-order valence-corrected chi connectivity index (χ4v) is 10.6. The summed E-state index contributed by atoms with van der Waals surface area (Å²) in [7, 11) is -1.41. The van der Waals surface area contributed by atoms with Gasteiger partial charge < -0.3 is 51.5 Å². The molecule has 2 aliphatic carbocycles. The molecule has 2 saturated carbocycles. The lowest BCUT2D eigenvalue weighted by molar-refractivity contribution is -0.119. The number of rotatable bonds is 16. The van der Waals surface area contributed by atoms with Crippen LogP contribution in [0.4, 0.5) is 23.5 Å². The number of amides is 1. The first-order valence-electron chi connectivity index (χ1n) is 28.4. The van der Waals surface area contributed by atoms with Crippen molar-refractivity contribution in [2.45, 2.75) is 143 Å². The summed E-state index contributed by atoms with van der Waals surface area (Å²) in [5, 5.41) is 36.5. The van der Waals surface area contributed by atoms with Crippen LogP contribution in [-0.4, -0.2) is 86.3 Å². The zero-order valence-corrected chi connectivity index (χ0v) is 49.7. The topological polar surface area (TPSA) is 231 Å². The maximum Gasteiger partial charge on any atom is 0.488 e. The van der Waals surface area contributed by atoms with Gasteiger partial charge in [-0.2, -0.15) is 19.9 Å². The molecule has 9 N–H and O–H groups in total. The standard InChI is InChI=1S/C29H34ClN7O.C27H32ClN7.C6H6BClO2.CH4/c1-18(2)37-17-32-26-27(31-16-20-4-6-21(7-5-20)22-8-10-23(30)11-9-22)35-29(36-28(26)37)34-25-14-12-24(13-15-25)33-19(3)38;1-17(2)35-16-31-24-25(33-27(34-26(24)35)32-23-13-11-22(29)12-14-23)30-15-18-3-5-19(6-4-18)20-7-9-21(28)10-8-20;8-6-3-1-5(2-4-6)7(9)10;/h4-11,17-18,24-25H,12-16H2,1-3H3,(H,33,38)(H2,31,34,35,36);3-10,16-17,22-23H,11-15,29H2,1-2H3,(H2,30,32,33,34);1-4,9-10H;1H4. The molecule has 0 aliphatic heterocycles. The van der Waals surface area contributed by atoms with E-state index in [0.29, 0.717) is 53.4 Å². The van der Waals surface area contributed by atoms with E-state index in [2.05, 4.69) is 122 Å². The third kappa shape index (κ3) is 16.9. The molecule has 21 heteroatoms. The number of imidazole rings is 2. The molecule has 4 aromatic heterocycles. The molecule has 1 amide bonds. The molecule has 2 aliphatic rings. The molecule has 0 unspecified atom stereocenters. The summed E-state index contributed by atoms with van der Waals surface area (Å²) >= 11 is 17.6. The lowest BCUT2D eigenvalue weighted by Gasteiger charge is -2.29. The van der Waals surface area contributed by atoms with Gasteiger partial charge >= 0.3 is 7.12 Å². The summed E-state index contributed by atoms with van der Waals surface area (Å²) in [6.45, 7) is 11.3. The number of halogens is 3. The van der Waals surface area contributed by atoms with Crippen LogP contribution in [0.15, 0.2) is 134 Å². The molecule has 0 atom stereocenters. The Morgan fingerprint density at radius 3 is 1.25 bits per heavy atom. The highest BCUT2D eigenvalue weighted by Crippen LogP contribution is 2.30. The molecule has 5 aromatic carbocycles. The fourth-order valence-electron chi connectivity index (χ4n) is 10.2. The summed E-state index contributed by atoms with van der Waals surface area (Å²) in [6.07, 6.45) is 11.6. The minimum absolute atomic E-state index is 0. The smallest absolute Gasteiger partial charge is 0.423 e. The second kappa shape index (κ2) is 29.5. The van der Waals surface area contributed by atoms with Crippen molar-refractivity contribution in [3.05, 3.63) is 160 Å². The van der Waals surface area contributed by atoms with Crippen molar-refractivity contribution in [3.8, 4) is 22.3 Å². The number of anilines is 4. The Labute approximate surface area is 507 Å². The van der Waals surface area contributed by atoms with Gasteiger partial charge in [-0.25, -0.2) is 9.97 Å². The third-order valence-corrected chi connectivity index (χ3v) is 15.6. The molecule has 9 aromatic rings. The lowest BCUT2D eigenvalue weighted by atomic mass is 9.81. The number of nitrogens with one attached hydrogen (secondary N) is 5. The Balaban J connectivity index is 0.000000186. The van der Waals surface area contributed by atoms with E-state index in [-0.39, 0.29) is 37.5 Å². The van der Waals surface area contributed by atoms with Crippen LogP contribution in [0.2, 0.25) is 15.1 Å². The van der Waals surface area contributed by atoms with Crippen molar-refractivity contribution in [2.24, 2.45) is 5.73 Å². The molecule has 84 heavy (non-hydrogen) atoms. The molecular formula is C63H76BCl3N14O3. The number of hydrogen-bond donors (Lipinski definition) is 8. The number of fused-ring (bicyclic) bond motifs is 2. The first-order valence-corrected chi connectivity index (χ1v) is 29.5. The fraction of sp³-hybridized carbons (Fsp3) is 0.349. The quantitative estimate of drug-likeness (QED) is 0.0421. The van der Waals surface area contributed by atoms with E-state index in [1.807, 2.05) is 61.2 Å². The van der Waals surface area contributed by atoms with Gasteiger partial charge in [0.15, 0.2) is 34.0 Å². The Bertz CT molecular complexity index is 3530. The molecule has 11 rings (SSSR count). The van der Waals surface area contributed by atoms with Gasteiger partial charge in [-0.15, -0.1) is 0 Å². The van der Waals surface area contributed by atoms with Crippen molar-refractivity contribution in [2.75, 3.05) is 21.3 Å². The number of aromatic nitrogens is 8. The van der Waals surface area contributed by atoms with Crippen LogP contribution in [0.5, 0.6) is 0 Å². The van der Waals surface area contributed by atoms with Gasteiger partial charge in [-0.1, -0.05) is 127 Å². The molecule has 0 saturated heterocycles. The van der Waals surface area contributed by atoms with Gasteiger partial charge in [0.1, 0.15) is 0 Å². The normalized spacial score (nSPS) is 16.6. The van der Waals surface area contributed by atoms with Crippen LogP contribution < -0.4 is 37.8 Å². The second-order valence-electron chi connectivity index (χ2n) is 21.8. The Morgan fingerprint density at radius 1 is 0.548 bits per heavy atom. The summed E-state index contributed by atoms with van der Waals surface area (Å²) in [5.41, 5.74) is 16.6. The van der Waals surface area contributed by atoms with Crippen LogP contribution in [0.25, 0.3) is 44.6 Å². The predicted octanol–water partition coefficient (Wildman–Crippen LogP) is 12.9. The van der Waals surface area contributed by atoms with Crippen LogP contribution in [0.1, 0.15) is 117 Å². The highest BCUT2D eigenvalue weighted by molar-refractivity contribution is 6.58. The van der Waals surface area contributed by atoms with Crippen molar-refractivity contribution in [1.82, 2.24) is 44.4 Å². The highest BCUT2D eigenvalue weighted by atomic mass is 35.5. The Kier molecular flexibility index (Phi) is 22.0. The SMILES string of the molecule is C.CC(=O)NC1CCC(Nc2nc(NCc3ccc(-c4ccc(Cl)cc4)cc3)c3ncn(C(C)C)c3n2)CC1.CC(C)n1cnc2c(NCc3ccc(-c4ccc(Cl)cc4)cc3)nc(NC3CCC(N)CC3)nc21.OB(O)c1ccc(Cl)cc1.